The van der Waals surface area contributed by atoms with Gasteiger partial charge in [-0.1, -0.05) is 30.4 Å². The highest BCUT2D eigenvalue weighted by molar-refractivity contribution is 5.97. The van der Waals surface area contributed by atoms with Crippen LogP contribution in [0.5, 0.6) is 0 Å². The Morgan fingerprint density at radius 1 is 1.07 bits per heavy atom. The van der Waals surface area contributed by atoms with Crippen molar-refractivity contribution in [1.82, 2.24) is 0 Å². The van der Waals surface area contributed by atoms with Gasteiger partial charge in [-0.05, 0) is 30.1 Å². The highest BCUT2D eigenvalue weighted by Crippen LogP contribution is 2.24. The van der Waals surface area contributed by atoms with Crippen molar-refractivity contribution in [2.45, 2.75) is 19.3 Å². The molecule has 0 aromatic rings. The van der Waals surface area contributed by atoms with Gasteiger partial charge < -0.3 is 0 Å². The molecule has 0 N–H and O–H groups in total. The van der Waals surface area contributed by atoms with Gasteiger partial charge in [0.15, 0.2) is 0 Å². The van der Waals surface area contributed by atoms with E-state index < -0.39 is 0 Å². The van der Waals surface area contributed by atoms with E-state index in [1.54, 1.807) is 0 Å². The largest absolute Gasteiger partial charge is 0.293 e. The smallest absolute Gasteiger partial charge is 0.0388 e. The summed E-state index contributed by atoms with van der Waals surface area (Å²) in [5, 5.41) is 0. The zero-order valence-corrected chi connectivity index (χ0v) is 8.53. The molecule has 0 atom stereocenters. The third-order valence-electron chi connectivity index (χ3n) is 2.63. The molecule has 0 aromatic heterocycles. The van der Waals surface area contributed by atoms with E-state index in [-0.39, 0.29) is 0 Å². The Bertz CT molecular complexity index is 365. The summed E-state index contributed by atoms with van der Waals surface area (Å²) in [4.78, 5) is 4.27. The number of allylic oxidation sites excluding steroid dienone is 8. The first-order valence-electron chi connectivity index (χ1n) is 5.10. The van der Waals surface area contributed by atoms with Gasteiger partial charge in [-0.15, -0.1) is 0 Å². The third-order valence-corrected chi connectivity index (χ3v) is 2.63. The predicted molar refractivity (Wildman–Crippen MR) is 61.7 cm³/mol. The minimum Gasteiger partial charge on any atom is -0.293 e. The second kappa shape index (κ2) is 4.23. The van der Waals surface area contributed by atoms with Crippen LogP contribution < -0.4 is 0 Å². The molecule has 1 heteroatoms. The van der Waals surface area contributed by atoms with Crippen molar-refractivity contribution in [2.24, 2.45) is 4.99 Å². The van der Waals surface area contributed by atoms with Crippen molar-refractivity contribution in [3.8, 4) is 0 Å². The molecular formula is C13H15N. The zero-order valence-electron chi connectivity index (χ0n) is 8.53. The average molecular weight is 185 g/mol. The molecule has 0 aliphatic heterocycles. The molecule has 0 radical (unpaired) electrons. The second-order valence-corrected chi connectivity index (χ2v) is 3.58. The summed E-state index contributed by atoms with van der Waals surface area (Å²) in [5.41, 5.74) is 3.97. The first-order valence-corrected chi connectivity index (χ1v) is 5.10. The molecule has 0 aromatic carbocycles. The fourth-order valence-electron chi connectivity index (χ4n) is 1.83. The van der Waals surface area contributed by atoms with Crippen LogP contribution in [0.1, 0.15) is 19.3 Å². The summed E-state index contributed by atoms with van der Waals surface area (Å²) in [6.45, 7) is 0. The predicted octanol–water partition coefficient (Wildman–Crippen LogP) is 3.22. The molecule has 0 saturated heterocycles. The Morgan fingerprint density at radius 3 is 2.71 bits per heavy atom. The van der Waals surface area contributed by atoms with Crippen molar-refractivity contribution >= 4 is 5.71 Å². The molecule has 0 spiro atoms. The lowest BCUT2D eigenvalue weighted by atomic mass is 9.92. The number of fused-ring (bicyclic) bond motifs is 1. The summed E-state index contributed by atoms with van der Waals surface area (Å²) in [6.07, 6.45) is 16.4. The first kappa shape index (κ1) is 9.20. The minimum atomic E-state index is 0.975. The maximum Gasteiger partial charge on any atom is 0.0388 e. The molecule has 0 fully saturated rings. The van der Waals surface area contributed by atoms with Crippen LogP contribution in [-0.4, -0.2) is 12.8 Å². The lowest BCUT2D eigenvalue weighted by Crippen LogP contribution is -2.02. The van der Waals surface area contributed by atoms with Gasteiger partial charge in [0.05, 0.1) is 0 Å². The standard InChI is InChI=1S/C13H15N/c1-14-13-9-5-4-7-11-6-2-3-8-12(11)10-13/h4-9H,2-3,10H2,1H3/b7-4-,9-5-,14-13?. The van der Waals surface area contributed by atoms with Gasteiger partial charge in [0, 0.05) is 19.2 Å². The molecule has 0 saturated carbocycles. The number of rotatable bonds is 0. The third kappa shape index (κ3) is 1.92. The lowest BCUT2D eigenvalue weighted by Gasteiger charge is -2.14. The van der Waals surface area contributed by atoms with Crippen LogP contribution in [0.3, 0.4) is 0 Å². The molecule has 0 unspecified atom stereocenters. The maximum atomic E-state index is 4.27. The molecular weight excluding hydrogens is 170 g/mol. The number of aliphatic imine (C=N–C) groups is 1. The number of nitrogens with zero attached hydrogens (tertiary/aromatic N) is 1. The van der Waals surface area contributed by atoms with Crippen LogP contribution >= 0.6 is 0 Å². The fraction of sp³-hybridized carbons (Fsp3) is 0.308. The van der Waals surface area contributed by atoms with Crippen molar-refractivity contribution in [1.29, 1.82) is 0 Å². The van der Waals surface area contributed by atoms with Gasteiger partial charge >= 0.3 is 0 Å². The SMILES string of the molecule is CN=C1/C=C\C=C/C2=CCCC=C2C1. The van der Waals surface area contributed by atoms with Crippen LogP contribution in [0, 0.1) is 0 Å². The van der Waals surface area contributed by atoms with Crippen molar-refractivity contribution in [3.05, 3.63) is 47.6 Å². The van der Waals surface area contributed by atoms with Gasteiger partial charge in [-0.25, -0.2) is 0 Å². The lowest BCUT2D eigenvalue weighted by molar-refractivity contribution is 0.990. The highest BCUT2D eigenvalue weighted by Gasteiger charge is 2.09. The van der Waals surface area contributed by atoms with E-state index in [0.717, 1.165) is 12.1 Å². The van der Waals surface area contributed by atoms with Gasteiger partial charge in [0.1, 0.15) is 0 Å². The van der Waals surface area contributed by atoms with E-state index in [2.05, 4.69) is 41.4 Å². The van der Waals surface area contributed by atoms with E-state index in [9.17, 15) is 0 Å². The number of hydrogen-bond acceptors (Lipinski definition) is 1. The van der Waals surface area contributed by atoms with Crippen molar-refractivity contribution in [2.75, 3.05) is 7.05 Å². The molecule has 72 valence electrons. The fourth-order valence-corrected chi connectivity index (χ4v) is 1.83. The maximum absolute atomic E-state index is 4.27. The van der Waals surface area contributed by atoms with Crippen LogP contribution in [0.2, 0.25) is 0 Å². The quantitative estimate of drug-likeness (QED) is 0.549. The number of hydrogen-bond donors (Lipinski definition) is 0. The normalized spacial score (nSPS) is 28.2. The van der Waals surface area contributed by atoms with E-state index in [1.165, 1.54) is 24.0 Å². The Labute approximate surface area is 85.2 Å². The average Bonchev–Trinajstić information content (AvgIpc) is 2.19. The summed E-state index contributed by atoms with van der Waals surface area (Å²) < 4.78 is 0. The van der Waals surface area contributed by atoms with Gasteiger partial charge in [-0.2, -0.15) is 0 Å². The van der Waals surface area contributed by atoms with Gasteiger partial charge in [0.2, 0.25) is 0 Å². The molecule has 0 heterocycles. The van der Waals surface area contributed by atoms with Crippen LogP contribution in [0.15, 0.2) is 52.6 Å². The van der Waals surface area contributed by atoms with Crippen LogP contribution in [0.25, 0.3) is 0 Å². The van der Waals surface area contributed by atoms with Gasteiger partial charge in [-0.3, -0.25) is 4.99 Å². The Hall–Kier alpha value is -1.37. The first-order chi connectivity index (χ1) is 6.90. The molecule has 1 nitrogen and oxygen atoms in total. The topological polar surface area (TPSA) is 12.4 Å². The molecule has 2 aliphatic rings. The Morgan fingerprint density at radius 2 is 1.86 bits per heavy atom. The Kier molecular flexibility index (Phi) is 2.78. The van der Waals surface area contributed by atoms with Crippen molar-refractivity contribution < 1.29 is 0 Å². The summed E-state index contributed by atoms with van der Waals surface area (Å²) in [5.74, 6) is 0. The van der Waals surface area contributed by atoms with E-state index in [0.29, 0.717) is 0 Å². The molecule has 14 heavy (non-hydrogen) atoms. The highest BCUT2D eigenvalue weighted by atomic mass is 14.7. The molecule has 2 rings (SSSR count). The van der Waals surface area contributed by atoms with Crippen LogP contribution in [0.4, 0.5) is 0 Å². The monoisotopic (exact) mass is 185 g/mol. The van der Waals surface area contributed by atoms with Crippen LogP contribution in [-0.2, 0) is 0 Å². The van der Waals surface area contributed by atoms with Crippen molar-refractivity contribution in [3.63, 3.8) is 0 Å². The minimum absolute atomic E-state index is 0.975. The van der Waals surface area contributed by atoms with Gasteiger partial charge in [0.25, 0.3) is 0 Å². The van der Waals surface area contributed by atoms with E-state index >= 15 is 0 Å². The Balaban J connectivity index is 2.34. The molecule has 0 bridgehead atoms. The summed E-state index contributed by atoms with van der Waals surface area (Å²) in [7, 11) is 1.86. The molecule has 0 amide bonds. The zero-order chi connectivity index (χ0) is 9.80. The molecule has 2 aliphatic carbocycles. The summed E-state index contributed by atoms with van der Waals surface area (Å²) >= 11 is 0. The second-order valence-electron chi connectivity index (χ2n) is 3.58. The van der Waals surface area contributed by atoms with E-state index in [4.69, 9.17) is 0 Å². The van der Waals surface area contributed by atoms with E-state index in [1.807, 2.05) is 7.05 Å². The summed E-state index contributed by atoms with van der Waals surface area (Å²) in [6, 6.07) is 0.